The summed E-state index contributed by atoms with van der Waals surface area (Å²) in [6.07, 6.45) is -1.06. The zero-order valence-corrected chi connectivity index (χ0v) is 16.4. The van der Waals surface area contributed by atoms with Gasteiger partial charge in [0, 0.05) is 19.8 Å². The first-order valence-corrected chi connectivity index (χ1v) is 8.60. The second kappa shape index (κ2) is 7.50. The van der Waals surface area contributed by atoms with E-state index in [1.54, 1.807) is 6.07 Å². The summed E-state index contributed by atoms with van der Waals surface area (Å²) in [5, 5.41) is 19.2. The van der Waals surface area contributed by atoms with Crippen LogP contribution in [0.4, 0.5) is 0 Å². The maximum Gasteiger partial charge on any atom is 0.305 e. The number of aliphatic carboxylic acids is 1. The van der Waals surface area contributed by atoms with E-state index in [-0.39, 0.29) is 5.56 Å². The molecule has 2 N–H and O–H groups in total. The van der Waals surface area contributed by atoms with Gasteiger partial charge < -0.3 is 19.7 Å². The normalized spacial score (nSPS) is 26.9. The number of carboxylic acids is 1. The van der Waals surface area contributed by atoms with Gasteiger partial charge in [-0.2, -0.15) is 0 Å². The highest BCUT2D eigenvalue weighted by atomic mass is 35.5. The third kappa shape index (κ3) is 2.90. The van der Waals surface area contributed by atoms with Crippen LogP contribution in [0.1, 0.15) is 16.8 Å². The van der Waals surface area contributed by atoms with Crippen molar-refractivity contribution in [3.63, 3.8) is 0 Å². The number of carbonyl (C=O) groups is 3. The van der Waals surface area contributed by atoms with Crippen molar-refractivity contribution in [1.82, 2.24) is 0 Å². The Kier molecular flexibility index (Phi) is 6.06. The molecule has 10 heteroatoms. The number of methoxy groups -OCH3 is 2. The van der Waals surface area contributed by atoms with E-state index in [4.69, 9.17) is 44.3 Å². The highest BCUT2D eigenvalue weighted by molar-refractivity contribution is 6.54. The summed E-state index contributed by atoms with van der Waals surface area (Å²) >= 11 is 18.7. The number of aliphatic hydroxyl groups is 1. The molecule has 0 amide bonds. The monoisotopic (exact) mass is 436 g/mol. The molecule has 1 aromatic carbocycles. The zero-order valence-electron chi connectivity index (χ0n) is 14.2. The second-order valence-electron chi connectivity index (χ2n) is 5.76. The van der Waals surface area contributed by atoms with Gasteiger partial charge >= 0.3 is 5.97 Å². The van der Waals surface area contributed by atoms with Crippen molar-refractivity contribution in [2.75, 3.05) is 14.2 Å². The van der Waals surface area contributed by atoms with E-state index in [1.807, 2.05) is 0 Å². The van der Waals surface area contributed by atoms with E-state index >= 15 is 0 Å². The fourth-order valence-corrected chi connectivity index (χ4v) is 4.56. The van der Waals surface area contributed by atoms with E-state index < -0.39 is 50.3 Å². The van der Waals surface area contributed by atoms with Crippen LogP contribution in [-0.4, -0.2) is 58.2 Å². The largest absolute Gasteiger partial charge is 0.481 e. The minimum atomic E-state index is -3.01. The molecule has 0 saturated heterocycles. The number of rotatable bonds is 7. The Morgan fingerprint density at radius 1 is 1.04 bits per heavy atom. The van der Waals surface area contributed by atoms with Crippen molar-refractivity contribution in [2.24, 2.45) is 0 Å². The van der Waals surface area contributed by atoms with Crippen LogP contribution in [0.5, 0.6) is 0 Å². The molecular formula is C17H15Cl3O7. The summed E-state index contributed by atoms with van der Waals surface area (Å²) in [5.41, 5.74) is -3.07. The van der Waals surface area contributed by atoms with Crippen LogP contribution < -0.4 is 0 Å². The molecular weight excluding hydrogens is 423 g/mol. The predicted molar refractivity (Wildman–Crippen MR) is 97.0 cm³/mol. The predicted octanol–water partition coefficient (Wildman–Crippen LogP) is 2.31. The van der Waals surface area contributed by atoms with Crippen LogP contribution in [0.2, 0.25) is 0 Å². The fourth-order valence-electron chi connectivity index (χ4n) is 3.09. The highest BCUT2D eigenvalue weighted by Gasteiger charge is 2.76. The third-order valence-corrected chi connectivity index (χ3v) is 6.09. The number of halogens is 3. The number of benzene rings is 1. The lowest BCUT2D eigenvalue weighted by Crippen LogP contribution is -2.66. The van der Waals surface area contributed by atoms with E-state index in [1.165, 1.54) is 24.3 Å². The summed E-state index contributed by atoms with van der Waals surface area (Å²) in [6.45, 7) is 0. The van der Waals surface area contributed by atoms with Gasteiger partial charge in [-0.25, -0.2) is 0 Å². The van der Waals surface area contributed by atoms with Gasteiger partial charge in [0.1, 0.15) is 0 Å². The fraction of sp³-hybridized carbons (Fsp3) is 0.353. The van der Waals surface area contributed by atoms with E-state index in [2.05, 4.69) is 0 Å². The van der Waals surface area contributed by atoms with E-state index in [0.29, 0.717) is 0 Å². The number of hydrogen-bond donors (Lipinski definition) is 2. The Morgan fingerprint density at radius 3 is 2.00 bits per heavy atom. The molecule has 2 atom stereocenters. The van der Waals surface area contributed by atoms with Crippen molar-refractivity contribution < 1.29 is 34.1 Å². The molecule has 1 aromatic rings. The maximum atomic E-state index is 13.0. The molecule has 0 fully saturated rings. The van der Waals surface area contributed by atoms with Gasteiger partial charge in [-0.15, -0.1) is 11.6 Å². The quantitative estimate of drug-likeness (QED) is 0.291. The summed E-state index contributed by atoms with van der Waals surface area (Å²) in [6, 6.07) is 7.30. The van der Waals surface area contributed by atoms with Crippen molar-refractivity contribution in [1.29, 1.82) is 0 Å². The first-order chi connectivity index (χ1) is 12.5. The van der Waals surface area contributed by atoms with Crippen LogP contribution in [0.3, 0.4) is 0 Å². The standard InChI is InChI=1S/C17H15Cl3O7/c1-26-17(27-2)13(19)12(18)16(25,15(17,20)8-10(21)22)14(24)11(23)9-6-4-3-5-7-9/h3-7,25H,8H2,1-2H3,(H,21,22)/t15-,16+/m1/s1. The molecule has 0 heterocycles. The van der Waals surface area contributed by atoms with Gasteiger partial charge in [-0.05, 0) is 0 Å². The molecule has 0 saturated carbocycles. The molecule has 0 aliphatic heterocycles. The Labute approximate surface area is 169 Å². The molecule has 146 valence electrons. The zero-order chi connectivity index (χ0) is 20.6. The topological polar surface area (TPSA) is 110 Å². The molecule has 0 radical (unpaired) electrons. The number of alkyl halides is 1. The minimum absolute atomic E-state index is 0.0572. The van der Waals surface area contributed by atoms with Crippen molar-refractivity contribution in [3.8, 4) is 0 Å². The molecule has 0 bridgehead atoms. The lowest BCUT2D eigenvalue weighted by molar-refractivity contribution is -0.216. The molecule has 0 aromatic heterocycles. The summed E-state index contributed by atoms with van der Waals surface area (Å²) in [7, 11) is 2.15. The van der Waals surface area contributed by atoms with Gasteiger partial charge in [-0.1, -0.05) is 53.5 Å². The first kappa shape index (κ1) is 21.8. The van der Waals surface area contributed by atoms with Crippen LogP contribution in [0.25, 0.3) is 0 Å². The number of hydrogen-bond acceptors (Lipinski definition) is 6. The first-order valence-electron chi connectivity index (χ1n) is 7.47. The number of ether oxygens (including phenoxy) is 2. The van der Waals surface area contributed by atoms with Crippen molar-refractivity contribution in [3.05, 3.63) is 46.0 Å². The number of ketones is 2. The summed E-state index contributed by atoms with van der Waals surface area (Å²) in [4.78, 5) is 34.5. The van der Waals surface area contributed by atoms with Gasteiger partial charge in [0.25, 0.3) is 0 Å². The summed E-state index contributed by atoms with van der Waals surface area (Å²) < 4.78 is 10.3. The van der Waals surface area contributed by atoms with Gasteiger partial charge in [0.05, 0.1) is 16.5 Å². The number of Topliss-reactive ketones (excluding diaryl/α,β-unsaturated/α-hetero) is 2. The molecule has 27 heavy (non-hydrogen) atoms. The SMILES string of the molecule is COC1(OC)C(Cl)=C(Cl)[C@](O)(C(=O)C(=O)c2ccccc2)[C@]1(Cl)CC(=O)O. The minimum Gasteiger partial charge on any atom is -0.481 e. The third-order valence-electron chi connectivity index (χ3n) is 4.44. The highest BCUT2D eigenvalue weighted by Crippen LogP contribution is 2.60. The molecule has 0 unspecified atom stereocenters. The molecule has 2 rings (SSSR count). The lowest BCUT2D eigenvalue weighted by atomic mass is 9.78. The number of carboxylic acid groups (broad SMARTS) is 1. The van der Waals surface area contributed by atoms with E-state index in [9.17, 15) is 24.6 Å². The Hall–Kier alpha value is -1.48. The van der Waals surface area contributed by atoms with Crippen LogP contribution >= 0.6 is 34.8 Å². The van der Waals surface area contributed by atoms with Crippen LogP contribution in [0.15, 0.2) is 40.4 Å². The van der Waals surface area contributed by atoms with Gasteiger partial charge in [0.2, 0.25) is 17.4 Å². The number of carbonyl (C=O) groups excluding carboxylic acids is 2. The van der Waals surface area contributed by atoms with Crippen molar-refractivity contribution >= 4 is 52.3 Å². The Balaban J connectivity index is 2.72. The summed E-state index contributed by atoms with van der Waals surface area (Å²) in [5.74, 6) is -6.41. The van der Waals surface area contributed by atoms with Gasteiger partial charge in [0.15, 0.2) is 10.5 Å². The van der Waals surface area contributed by atoms with Crippen LogP contribution in [0, 0.1) is 0 Å². The molecule has 1 aliphatic carbocycles. The van der Waals surface area contributed by atoms with Crippen LogP contribution in [-0.2, 0) is 19.1 Å². The smallest absolute Gasteiger partial charge is 0.305 e. The van der Waals surface area contributed by atoms with Gasteiger partial charge in [-0.3, -0.25) is 14.4 Å². The van der Waals surface area contributed by atoms with E-state index in [0.717, 1.165) is 14.2 Å². The Bertz CT molecular complexity index is 819. The second-order valence-corrected chi connectivity index (χ2v) is 7.16. The average molecular weight is 438 g/mol. The lowest BCUT2D eigenvalue weighted by Gasteiger charge is -2.44. The molecule has 7 nitrogen and oxygen atoms in total. The van der Waals surface area contributed by atoms with Crippen molar-refractivity contribution in [2.45, 2.75) is 22.7 Å². The Morgan fingerprint density at radius 2 is 1.56 bits per heavy atom. The maximum absolute atomic E-state index is 13.0. The average Bonchev–Trinajstić information content (AvgIpc) is 2.77. The molecule has 0 spiro atoms. The molecule has 1 aliphatic rings.